The van der Waals surface area contributed by atoms with Gasteiger partial charge in [0.1, 0.15) is 11.4 Å². The maximum atomic E-state index is 12.6. The molecule has 1 aromatic carbocycles. The lowest BCUT2D eigenvalue weighted by molar-refractivity contribution is 0.0945. The Hall–Kier alpha value is -3.30. The average Bonchev–Trinajstić information content (AvgIpc) is 3.53. The predicted octanol–water partition coefficient (Wildman–Crippen LogP) is 4.27. The van der Waals surface area contributed by atoms with E-state index in [-0.39, 0.29) is 5.91 Å². The highest BCUT2D eigenvalue weighted by atomic mass is 32.1. The SMILES string of the molecule is Cc1nc(-c2ccnc(Nc3ccc4[nH]c(C(=O)NCCN5CCCC5)cc4c3)n2)c(C)s1. The third-order valence-electron chi connectivity index (χ3n) is 5.84. The molecule has 1 saturated heterocycles. The van der Waals surface area contributed by atoms with Gasteiger partial charge in [0.25, 0.3) is 5.91 Å². The third-order valence-corrected chi connectivity index (χ3v) is 6.72. The van der Waals surface area contributed by atoms with Crippen molar-refractivity contribution < 1.29 is 4.79 Å². The number of benzene rings is 1. The van der Waals surface area contributed by atoms with Crippen molar-refractivity contribution in [2.45, 2.75) is 26.7 Å². The number of likely N-dealkylation sites (tertiary alicyclic amines) is 1. The van der Waals surface area contributed by atoms with E-state index in [1.807, 2.05) is 37.3 Å². The largest absolute Gasteiger partial charge is 0.351 e. The molecular formula is C24H27N7OS. The van der Waals surface area contributed by atoms with Crippen LogP contribution in [0.4, 0.5) is 11.6 Å². The molecule has 8 nitrogen and oxygen atoms in total. The molecule has 0 aliphatic carbocycles. The second-order valence-corrected chi connectivity index (χ2v) is 9.73. The molecule has 0 unspecified atom stereocenters. The lowest BCUT2D eigenvalue weighted by Gasteiger charge is -2.14. The molecule has 3 N–H and O–H groups in total. The van der Waals surface area contributed by atoms with Crippen LogP contribution in [0.5, 0.6) is 0 Å². The number of anilines is 2. The highest BCUT2D eigenvalue weighted by Crippen LogP contribution is 2.27. The van der Waals surface area contributed by atoms with Gasteiger partial charge in [-0.3, -0.25) is 4.79 Å². The smallest absolute Gasteiger partial charge is 0.267 e. The Balaban J connectivity index is 1.27. The fourth-order valence-corrected chi connectivity index (χ4v) is 5.04. The zero-order valence-corrected chi connectivity index (χ0v) is 19.6. The Morgan fingerprint density at radius 3 is 2.79 bits per heavy atom. The number of aromatic amines is 1. The van der Waals surface area contributed by atoms with Crippen molar-refractivity contribution in [3.63, 3.8) is 0 Å². The van der Waals surface area contributed by atoms with Gasteiger partial charge in [0.15, 0.2) is 0 Å². The van der Waals surface area contributed by atoms with E-state index in [4.69, 9.17) is 0 Å². The van der Waals surface area contributed by atoms with Crippen LogP contribution in [0, 0.1) is 13.8 Å². The van der Waals surface area contributed by atoms with Gasteiger partial charge < -0.3 is 20.5 Å². The number of thiazole rings is 1. The van der Waals surface area contributed by atoms with Gasteiger partial charge in [-0.2, -0.15) is 0 Å². The molecule has 9 heteroatoms. The highest BCUT2D eigenvalue weighted by molar-refractivity contribution is 7.11. The van der Waals surface area contributed by atoms with Crippen LogP contribution in [-0.4, -0.2) is 56.9 Å². The number of aromatic nitrogens is 4. The van der Waals surface area contributed by atoms with Gasteiger partial charge in [0.05, 0.1) is 10.7 Å². The second-order valence-electron chi connectivity index (χ2n) is 8.32. The van der Waals surface area contributed by atoms with Crippen molar-refractivity contribution in [1.29, 1.82) is 0 Å². The summed E-state index contributed by atoms with van der Waals surface area (Å²) in [5.41, 5.74) is 4.02. The summed E-state index contributed by atoms with van der Waals surface area (Å²) < 4.78 is 0. The van der Waals surface area contributed by atoms with Crippen molar-refractivity contribution in [3.8, 4) is 11.4 Å². The van der Waals surface area contributed by atoms with E-state index in [1.54, 1.807) is 17.5 Å². The van der Waals surface area contributed by atoms with Crippen LogP contribution in [-0.2, 0) is 0 Å². The lowest BCUT2D eigenvalue weighted by atomic mass is 10.2. The number of aryl methyl sites for hydroxylation is 2. The van der Waals surface area contributed by atoms with Crippen LogP contribution in [0.3, 0.4) is 0 Å². The third kappa shape index (κ3) is 4.89. The molecular weight excluding hydrogens is 434 g/mol. The summed E-state index contributed by atoms with van der Waals surface area (Å²) in [6, 6.07) is 9.64. The Bertz CT molecular complexity index is 1290. The molecule has 4 heterocycles. The number of hydrogen-bond donors (Lipinski definition) is 3. The van der Waals surface area contributed by atoms with Crippen molar-refractivity contribution in [3.05, 3.63) is 52.1 Å². The second kappa shape index (κ2) is 9.29. The monoisotopic (exact) mass is 461 g/mol. The van der Waals surface area contributed by atoms with Gasteiger partial charge in [-0.25, -0.2) is 15.0 Å². The minimum atomic E-state index is -0.0788. The molecule has 1 amide bonds. The normalized spacial score (nSPS) is 14.1. The van der Waals surface area contributed by atoms with Crippen LogP contribution in [0.2, 0.25) is 0 Å². The first-order valence-corrected chi connectivity index (χ1v) is 12.0. The van der Waals surface area contributed by atoms with Crippen molar-refractivity contribution in [1.82, 2.24) is 30.2 Å². The van der Waals surface area contributed by atoms with E-state index < -0.39 is 0 Å². The Kier molecular flexibility index (Phi) is 6.06. The molecule has 0 saturated carbocycles. The summed E-state index contributed by atoms with van der Waals surface area (Å²) in [6.07, 6.45) is 4.25. The van der Waals surface area contributed by atoms with Gasteiger partial charge in [0.2, 0.25) is 5.95 Å². The maximum Gasteiger partial charge on any atom is 0.267 e. The summed E-state index contributed by atoms with van der Waals surface area (Å²) >= 11 is 1.66. The summed E-state index contributed by atoms with van der Waals surface area (Å²) in [5.74, 6) is 0.428. The number of hydrogen-bond acceptors (Lipinski definition) is 7. The summed E-state index contributed by atoms with van der Waals surface area (Å²) in [4.78, 5) is 32.9. The van der Waals surface area contributed by atoms with Gasteiger partial charge >= 0.3 is 0 Å². The molecule has 1 fully saturated rings. The van der Waals surface area contributed by atoms with E-state index in [2.05, 4.69) is 42.4 Å². The minimum Gasteiger partial charge on any atom is -0.351 e. The molecule has 1 aliphatic heterocycles. The molecule has 170 valence electrons. The van der Waals surface area contributed by atoms with Gasteiger partial charge in [-0.15, -0.1) is 11.3 Å². The summed E-state index contributed by atoms with van der Waals surface area (Å²) in [6.45, 7) is 7.87. The number of nitrogens with zero attached hydrogens (tertiary/aromatic N) is 4. The summed E-state index contributed by atoms with van der Waals surface area (Å²) in [7, 11) is 0. The molecule has 0 atom stereocenters. The van der Waals surface area contributed by atoms with Crippen LogP contribution in [0.1, 0.15) is 33.2 Å². The first-order chi connectivity index (χ1) is 16.0. The molecule has 0 bridgehead atoms. The molecule has 0 radical (unpaired) electrons. The number of rotatable bonds is 7. The van der Waals surface area contributed by atoms with Crippen molar-refractivity contribution in [2.75, 3.05) is 31.5 Å². The standard InChI is InChI=1S/C24H27N7OS/c1-15-22(27-16(2)33-15)20-7-8-26-24(30-20)28-18-5-6-19-17(13-18)14-21(29-19)23(32)25-9-12-31-10-3-4-11-31/h5-8,13-14,29H,3-4,9-12H2,1-2H3,(H,25,32)(H,26,28,30). The van der Waals surface area contributed by atoms with Crippen LogP contribution in [0.25, 0.3) is 22.3 Å². The molecule has 3 aromatic heterocycles. The Labute approximate surface area is 196 Å². The van der Waals surface area contributed by atoms with E-state index in [0.29, 0.717) is 18.2 Å². The van der Waals surface area contributed by atoms with Crippen molar-refractivity contribution >= 4 is 39.8 Å². The van der Waals surface area contributed by atoms with E-state index >= 15 is 0 Å². The maximum absolute atomic E-state index is 12.6. The van der Waals surface area contributed by atoms with Crippen LogP contribution >= 0.6 is 11.3 Å². The molecule has 0 spiro atoms. The topological polar surface area (TPSA) is 98.8 Å². The van der Waals surface area contributed by atoms with Gasteiger partial charge in [-0.05, 0) is 70.1 Å². The molecule has 5 rings (SSSR count). The van der Waals surface area contributed by atoms with Crippen LogP contribution in [0.15, 0.2) is 36.5 Å². The van der Waals surface area contributed by atoms with Gasteiger partial charge in [0, 0.05) is 40.8 Å². The van der Waals surface area contributed by atoms with Crippen molar-refractivity contribution in [2.24, 2.45) is 0 Å². The first kappa shape index (κ1) is 21.5. The Morgan fingerprint density at radius 2 is 2.00 bits per heavy atom. The van der Waals surface area contributed by atoms with E-state index in [1.165, 1.54) is 12.8 Å². The fourth-order valence-electron chi connectivity index (χ4n) is 4.21. The zero-order chi connectivity index (χ0) is 22.8. The number of carbonyl (C=O) groups is 1. The Morgan fingerprint density at radius 1 is 1.15 bits per heavy atom. The quantitative estimate of drug-likeness (QED) is 0.380. The lowest BCUT2D eigenvalue weighted by Crippen LogP contribution is -2.33. The number of carbonyl (C=O) groups excluding carboxylic acids is 1. The molecule has 4 aromatic rings. The molecule has 1 aliphatic rings. The molecule has 33 heavy (non-hydrogen) atoms. The number of nitrogens with one attached hydrogen (secondary N) is 3. The number of amides is 1. The van der Waals surface area contributed by atoms with E-state index in [9.17, 15) is 4.79 Å². The highest BCUT2D eigenvalue weighted by Gasteiger charge is 2.14. The summed E-state index contributed by atoms with van der Waals surface area (Å²) in [5, 5.41) is 8.26. The zero-order valence-electron chi connectivity index (χ0n) is 18.8. The van der Waals surface area contributed by atoms with Crippen LogP contribution < -0.4 is 10.6 Å². The van der Waals surface area contributed by atoms with E-state index in [0.717, 1.165) is 57.5 Å². The number of H-pyrrole nitrogens is 1. The minimum absolute atomic E-state index is 0.0788. The first-order valence-electron chi connectivity index (χ1n) is 11.2. The average molecular weight is 462 g/mol. The predicted molar refractivity (Wildman–Crippen MR) is 132 cm³/mol. The van der Waals surface area contributed by atoms with Gasteiger partial charge in [-0.1, -0.05) is 0 Å². The number of fused-ring (bicyclic) bond motifs is 1. The fraction of sp³-hybridized carbons (Fsp3) is 0.333.